The minimum Gasteiger partial charge on any atom is -0.495 e. The molecule has 1 aliphatic heterocycles. The lowest BCUT2D eigenvalue weighted by Crippen LogP contribution is -2.28. The minimum absolute atomic E-state index is 0.597. The van der Waals surface area contributed by atoms with E-state index in [2.05, 4.69) is 18.3 Å². The van der Waals surface area contributed by atoms with E-state index >= 15 is 0 Å². The van der Waals surface area contributed by atoms with Gasteiger partial charge in [-0.05, 0) is 55.5 Å². The number of benzene rings is 1. The van der Waals surface area contributed by atoms with Gasteiger partial charge in [-0.2, -0.15) is 0 Å². The number of hydrogen-bond acceptors (Lipinski definition) is 2. The average molecular weight is 240 g/mol. The van der Waals surface area contributed by atoms with E-state index in [0.717, 1.165) is 18.8 Å². The molecule has 2 rings (SSSR count). The van der Waals surface area contributed by atoms with Crippen LogP contribution in [0.1, 0.15) is 29.9 Å². The normalized spacial score (nSPS) is 20.8. The fraction of sp³-hybridized carbons (Fsp3) is 0.538. The highest BCUT2D eigenvalue weighted by Gasteiger charge is 2.18. The van der Waals surface area contributed by atoms with Crippen molar-refractivity contribution < 1.29 is 4.74 Å². The van der Waals surface area contributed by atoms with Gasteiger partial charge in [0.2, 0.25) is 0 Å². The van der Waals surface area contributed by atoms with Crippen LogP contribution in [-0.2, 0) is 0 Å². The molecule has 1 N–H and O–H groups in total. The van der Waals surface area contributed by atoms with Gasteiger partial charge in [0.1, 0.15) is 5.75 Å². The Hall–Kier alpha value is -0.730. The van der Waals surface area contributed by atoms with Crippen LogP contribution in [0.25, 0.3) is 0 Å². The van der Waals surface area contributed by atoms with Gasteiger partial charge in [-0.3, -0.25) is 0 Å². The average Bonchev–Trinajstić information content (AvgIpc) is 2.30. The summed E-state index contributed by atoms with van der Waals surface area (Å²) in [5.74, 6) is 1.38. The van der Waals surface area contributed by atoms with Crippen molar-refractivity contribution >= 4 is 11.6 Å². The van der Waals surface area contributed by atoms with Gasteiger partial charge in [0.05, 0.1) is 12.1 Å². The summed E-state index contributed by atoms with van der Waals surface area (Å²) in [7, 11) is 1.67. The number of nitrogens with one attached hydrogen (secondary N) is 1. The number of piperidine rings is 1. The zero-order valence-electron chi connectivity index (χ0n) is 9.85. The predicted molar refractivity (Wildman–Crippen MR) is 67.6 cm³/mol. The van der Waals surface area contributed by atoms with E-state index in [1.54, 1.807) is 7.11 Å². The summed E-state index contributed by atoms with van der Waals surface area (Å²) < 4.78 is 5.28. The standard InChI is InChI=1S/C13H18ClNO/c1-9-6-12(14)13(16-2)7-11(9)10-4-3-5-15-8-10/h6-7,10,15H,3-5,8H2,1-2H3. The van der Waals surface area contributed by atoms with Crippen LogP contribution >= 0.6 is 11.6 Å². The second-order valence-corrected chi connectivity index (χ2v) is 4.79. The maximum atomic E-state index is 6.10. The largest absolute Gasteiger partial charge is 0.495 e. The van der Waals surface area contributed by atoms with Gasteiger partial charge in [0.25, 0.3) is 0 Å². The van der Waals surface area contributed by atoms with Crippen LogP contribution in [0.3, 0.4) is 0 Å². The van der Waals surface area contributed by atoms with Gasteiger partial charge in [0.15, 0.2) is 0 Å². The Morgan fingerprint density at radius 2 is 2.25 bits per heavy atom. The molecule has 1 saturated heterocycles. The summed E-state index contributed by atoms with van der Waals surface area (Å²) in [6.45, 7) is 4.32. The van der Waals surface area contributed by atoms with Crippen LogP contribution in [0, 0.1) is 6.92 Å². The van der Waals surface area contributed by atoms with Crippen LogP contribution < -0.4 is 10.1 Å². The molecular weight excluding hydrogens is 222 g/mol. The Bertz CT molecular complexity index is 372. The quantitative estimate of drug-likeness (QED) is 0.856. The third kappa shape index (κ3) is 2.33. The van der Waals surface area contributed by atoms with Crippen molar-refractivity contribution in [1.29, 1.82) is 0 Å². The molecule has 2 nitrogen and oxygen atoms in total. The Labute approximate surface area is 102 Å². The molecule has 88 valence electrons. The molecule has 1 aromatic carbocycles. The molecule has 1 atom stereocenters. The molecule has 0 aliphatic carbocycles. The van der Waals surface area contributed by atoms with Crippen molar-refractivity contribution in [2.24, 2.45) is 0 Å². The molecule has 0 bridgehead atoms. The molecule has 1 unspecified atom stereocenters. The van der Waals surface area contributed by atoms with Gasteiger partial charge >= 0.3 is 0 Å². The van der Waals surface area contributed by atoms with E-state index in [4.69, 9.17) is 16.3 Å². The lowest BCUT2D eigenvalue weighted by Gasteiger charge is -2.25. The van der Waals surface area contributed by atoms with Crippen molar-refractivity contribution in [2.45, 2.75) is 25.7 Å². The van der Waals surface area contributed by atoms with E-state index in [0.29, 0.717) is 10.9 Å². The van der Waals surface area contributed by atoms with E-state index in [9.17, 15) is 0 Å². The van der Waals surface area contributed by atoms with Crippen molar-refractivity contribution in [2.75, 3.05) is 20.2 Å². The monoisotopic (exact) mass is 239 g/mol. The molecule has 16 heavy (non-hydrogen) atoms. The molecule has 0 spiro atoms. The van der Waals surface area contributed by atoms with E-state index in [-0.39, 0.29) is 0 Å². The molecule has 1 aliphatic rings. The summed E-state index contributed by atoms with van der Waals surface area (Å²) >= 11 is 6.10. The predicted octanol–water partition coefficient (Wildman–Crippen LogP) is 3.12. The van der Waals surface area contributed by atoms with Gasteiger partial charge in [-0.1, -0.05) is 11.6 Å². The summed E-state index contributed by atoms with van der Waals surface area (Å²) in [6, 6.07) is 4.10. The van der Waals surface area contributed by atoms with Crippen molar-refractivity contribution in [1.82, 2.24) is 5.32 Å². The maximum absolute atomic E-state index is 6.10. The zero-order valence-corrected chi connectivity index (χ0v) is 10.6. The summed E-state index contributed by atoms with van der Waals surface area (Å²) in [6.07, 6.45) is 2.49. The fourth-order valence-electron chi connectivity index (χ4n) is 2.38. The molecule has 0 aromatic heterocycles. The van der Waals surface area contributed by atoms with E-state index < -0.39 is 0 Å². The highest BCUT2D eigenvalue weighted by molar-refractivity contribution is 6.32. The van der Waals surface area contributed by atoms with Gasteiger partial charge < -0.3 is 10.1 Å². The Morgan fingerprint density at radius 1 is 1.44 bits per heavy atom. The highest BCUT2D eigenvalue weighted by Crippen LogP contribution is 2.33. The highest BCUT2D eigenvalue weighted by atomic mass is 35.5. The van der Waals surface area contributed by atoms with E-state index in [1.807, 2.05) is 6.07 Å². The van der Waals surface area contributed by atoms with Crippen molar-refractivity contribution in [3.8, 4) is 5.75 Å². The first-order valence-electron chi connectivity index (χ1n) is 5.77. The van der Waals surface area contributed by atoms with Gasteiger partial charge in [-0.25, -0.2) is 0 Å². The molecule has 0 radical (unpaired) electrons. The molecule has 1 aromatic rings. The number of ether oxygens (including phenoxy) is 1. The van der Waals surface area contributed by atoms with Crippen LogP contribution in [0.2, 0.25) is 5.02 Å². The third-order valence-electron chi connectivity index (χ3n) is 3.28. The lowest BCUT2D eigenvalue weighted by atomic mass is 9.88. The van der Waals surface area contributed by atoms with Gasteiger partial charge in [-0.15, -0.1) is 0 Å². The maximum Gasteiger partial charge on any atom is 0.137 e. The summed E-state index contributed by atoms with van der Waals surface area (Å²) in [4.78, 5) is 0. The number of aryl methyl sites for hydroxylation is 1. The molecule has 1 fully saturated rings. The Morgan fingerprint density at radius 3 is 2.88 bits per heavy atom. The molecule has 1 heterocycles. The van der Waals surface area contributed by atoms with E-state index in [1.165, 1.54) is 24.0 Å². The zero-order chi connectivity index (χ0) is 11.5. The first-order chi connectivity index (χ1) is 7.72. The second kappa shape index (κ2) is 5.07. The van der Waals surface area contributed by atoms with Crippen LogP contribution in [-0.4, -0.2) is 20.2 Å². The first kappa shape index (κ1) is 11.7. The number of halogens is 1. The third-order valence-corrected chi connectivity index (χ3v) is 3.57. The first-order valence-corrected chi connectivity index (χ1v) is 6.15. The SMILES string of the molecule is COc1cc(C2CCCNC2)c(C)cc1Cl. The number of hydrogen-bond donors (Lipinski definition) is 1. The Kier molecular flexibility index (Phi) is 3.72. The number of methoxy groups -OCH3 is 1. The van der Waals surface area contributed by atoms with Crippen LogP contribution in [0.4, 0.5) is 0 Å². The lowest BCUT2D eigenvalue weighted by molar-refractivity contribution is 0.411. The topological polar surface area (TPSA) is 21.3 Å². The fourth-order valence-corrected chi connectivity index (χ4v) is 2.68. The summed E-state index contributed by atoms with van der Waals surface area (Å²) in [5.41, 5.74) is 2.63. The molecule has 0 saturated carbocycles. The van der Waals surface area contributed by atoms with Crippen molar-refractivity contribution in [3.63, 3.8) is 0 Å². The smallest absolute Gasteiger partial charge is 0.137 e. The van der Waals surface area contributed by atoms with Gasteiger partial charge in [0, 0.05) is 6.54 Å². The van der Waals surface area contributed by atoms with Crippen LogP contribution in [0.5, 0.6) is 5.75 Å². The minimum atomic E-state index is 0.597. The van der Waals surface area contributed by atoms with Crippen LogP contribution in [0.15, 0.2) is 12.1 Å². The molecule has 0 amide bonds. The second-order valence-electron chi connectivity index (χ2n) is 4.39. The Balaban J connectivity index is 2.31. The summed E-state index contributed by atoms with van der Waals surface area (Å²) in [5, 5.41) is 4.14. The number of rotatable bonds is 2. The molecular formula is C13H18ClNO. The molecule has 3 heteroatoms. The van der Waals surface area contributed by atoms with Crippen molar-refractivity contribution in [3.05, 3.63) is 28.3 Å².